The summed E-state index contributed by atoms with van der Waals surface area (Å²) in [5.41, 5.74) is 1.26. The molecule has 0 heterocycles. The summed E-state index contributed by atoms with van der Waals surface area (Å²) in [6.07, 6.45) is 2.39. The van der Waals surface area contributed by atoms with Gasteiger partial charge in [-0.2, -0.15) is 0 Å². The molecule has 2 amide bonds. The Balaban J connectivity index is 2.11. The molecule has 0 saturated carbocycles. The van der Waals surface area contributed by atoms with Gasteiger partial charge in [-0.3, -0.25) is 4.79 Å². The number of benzene rings is 1. The maximum atomic E-state index is 11.7. The molecule has 0 spiro atoms. The second-order valence-electron chi connectivity index (χ2n) is 4.74. The lowest BCUT2D eigenvalue weighted by Crippen LogP contribution is -2.38. The lowest BCUT2D eigenvalue weighted by Gasteiger charge is -2.17. The number of carbonyl (C=O) groups is 2. The third-order valence-electron chi connectivity index (χ3n) is 2.99. The fourth-order valence-electron chi connectivity index (χ4n) is 1.84. The summed E-state index contributed by atoms with van der Waals surface area (Å²) >= 11 is 0. The van der Waals surface area contributed by atoms with Gasteiger partial charge in [-0.1, -0.05) is 30.3 Å². The number of carboxylic acids is 1. The molecule has 5 heteroatoms. The molecule has 1 rings (SSSR count). The van der Waals surface area contributed by atoms with Crippen molar-refractivity contribution in [1.29, 1.82) is 0 Å². The molecule has 0 radical (unpaired) electrons. The maximum absolute atomic E-state index is 11.7. The van der Waals surface area contributed by atoms with Gasteiger partial charge in [0.25, 0.3) is 0 Å². The first-order chi connectivity index (χ1) is 9.59. The van der Waals surface area contributed by atoms with Gasteiger partial charge in [0.1, 0.15) is 0 Å². The number of nitrogens with zero attached hydrogens (tertiary/aromatic N) is 1. The molecule has 0 aromatic heterocycles. The van der Waals surface area contributed by atoms with Gasteiger partial charge in [-0.25, -0.2) is 4.79 Å². The van der Waals surface area contributed by atoms with Crippen molar-refractivity contribution in [3.8, 4) is 0 Å². The van der Waals surface area contributed by atoms with Gasteiger partial charge >= 0.3 is 12.0 Å². The van der Waals surface area contributed by atoms with E-state index in [4.69, 9.17) is 5.11 Å². The monoisotopic (exact) mass is 278 g/mol. The molecule has 0 unspecified atom stereocenters. The van der Waals surface area contributed by atoms with E-state index in [1.807, 2.05) is 18.2 Å². The average molecular weight is 278 g/mol. The predicted molar refractivity (Wildman–Crippen MR) is 77.7 cm³/mol. The van der Waals surface area contributed by atoms with E-state index in [2.05, 4.69) is 17.4 Å². The van der Waals surface area contributed by atoms with Crippen LogP contribution in [0.4, 0.5) is 4.79 Å². The van der Waals surface area contributed by atoms with Crippen LogP contribution in [0.15, 0.2) is 30.3 Å². The lowest BCUT2D eigenvalue weighted by atomic mass is 10.1. The second-order valence-corrected chi connectivity index (χ2v) is 4.74. The Morgan fingerprint density at radius 3 is 2.55 bits per heavy atom. The summed E-state index contributed by atoms with van der Waals surface area (Å²) in [7, 11) is 1.67. The molecule has 110 valence electrons. The maximum Gasteiger partial charge on any atom is 0.317 e. The highest BCUT2D eigenvalue weighted by atomic mass is 16.4. The van der Waals surface area contributed by atoms with E-state index >= 15 is 0 Å². The summed E-state index contributed by atoms with van der Waals surface area (Å²) in [4.78, 5) is 23.6. The Labute approximate surface area is 119 Å². The fourth-order valence-corrected chi connectivity index (χ4v) is 1.84. The average Bonchev–Trinajstić information content (AvgIpc) is 2.44. The molecule has 20 heavy (non-hydrogen) atoms. The van der Waals surface area contributed by atoms with Gasteiger partial charge in [-0.05, 0) is 24.8 Å². The quantitative estimate of drug-likeness (QED) is 0.716. The van der Waals surface area contributed by atoms with Crippen LogP contribution in [0.2, 0.25) is 0 Å². The number of amides is 2. The van der Waals surface area contributed by atoms with Gasteiger partial charge in [0.05, 0.1) is 0 Å². The van der Waals surface area contributed by atoms with Crippen LogP contribution < -0.4 is 5.32 Å². The van der Waals surface area contributed by atoms with Crippen molar-refractivity contribution in [2.24, 2.45) is 0 Å². The topological polar surface area (TPSA) is 69.6 Å². The SMILES string of the molecule is CN(CCCC(=O)O)C(=O)NCCCc1ccccc1. The molecule has 0 fully saturated rings. The Kier molecular flexibility index (Phi) is 7.17. The lowest BCUT2D eigenvalue weighted by molar-refractivity contribution is -0.137. The van der Waals surface area contributed by atoms with Crippen LogP contribution in [0.3, 0.4) is 0 Å². The van der Waals surface area contributed by atoms with E-state index in [0.717, 1.165) is 12.8 Å². The van der Waals surface area contributed by atoms with Crippen LogP contribution in [0.25, 0.3) is 0 Å². The van der Waals surface area contributed by atoms with Crippen LogP contribution >= 0.6 is 0 Å². The van der Waals surface area contributed by atoms with Crippen molar-refractivity contribution in [3.63, 3.8) is 0 Å². The predicted octanol–water partition coefficient (Wildman–Crippen LogP) is 2.13. The van der Waals surface area contributed by atoms with Gasteiger partial charge in [0.15, 0.2) is 0 Å². The second kappa shape index (κ2) is 8.96. The number of hydrogen-bond donors (Lipinski definition) is 2. The third-order valence-corrected chi connectivity index (χ3v) is 2.99. The normalized spacial score (nSPS) is 10.1. The Hall–Kier alpha value is -2.04. The van der Waals surface area contributed by atoms with Gasteiger partial charge in [-0.15, -0.1) is 0 Å². The standard InChI is InChI=1S/C15H22N2O3/c1-17(12-6-10-14(18)19)15(20)16-11-5-9-13-7-3-2-4-8-13/h2-4,7-8H,5-6,9-12H2,1H3,(H,16,20)(H,18,19). The minimum atomic E-state index is -0.832. The number of nitrogens with one attached hydrogen (secondary N) is 1. The highest BCUT2D eigenvalue weighted by molar-refractivity contribution is 5.73. The van der Waals surface area contributed by atoms with Crippen molar-refractivity contribution in [3.05, 3.63) is 35.9 Å². The summed E-state index contributed by atoms with van der Waals surface area (Å²) in [6.45, 7) is 1.08. The van der Waals surface area contributed by atoms with Gasteiger partial charge in [0.2, 0.25) is 0 Å². The van der Waals surface area contributed by atoms with Crippen LogP contribution in [-0.2, 0) is 11.2 Å². The van der Waals surface area contributed by atoms with Gasteiger partial charge < -0.3 is 15.3 Å². The minimum Gasteiger partial charge on any atom is -0.481 e. The summed E-state index contributed by atoms with van der Waals surface area (Å²) in [5.74, 6) is -0.832. The molecule has 2 N–H and O–H groups in total. The highest BCUT2D eigenvalue weighted by Gasteiger charge is 2.07. The number of rotatable bonds is 8. The molecule has 5 nitrogen and oxygen atoms in total. The Bertz CT molecular complexity index is 420. The molecule has 0 aliphatic heterocycles. The summed E-state index contributed by atoms with van der Waals surface area (Å²) < 4.78 is 0. The van der Waals surface area contributed by atoms with E-state index in [-0.39, 0.29) is 12.5 Å². The highest BCUT2D eigenvalue weighted by Crippen LogP contribution is 2.01. The van der Waals surface area contributed by atoms with Crippen molar-refractivity contribution in [2.45, 2.75) is 25.7 Å². The first-order valence-electron chi connectivity index (χ1n) is 6.84. The zero-order valence-corrected chi connectivity index (χ0v) is 11.8. The number of urea groups is 1. The molecule has 0 saturated heterocycles. The van der Waals surface area contributed by atoms with E-state index < -0.39 is 5.97 Å². The van der Waals surface area contributed by atoms with Crippen molar-refractivity contribution >= 4 is 12.0 Å². The molecular weight excluding hydrogens is 256 g/mol. The van der Waals surface area contributed by atoms with Crippen LogP contribution in [0, 0.1) is 0 Å². The molecule has 0 aliphatic rings. The first kappa shape index (κ1) is 16.0. The van der Waals surface area contributed by atoms with Crippen molar-refractivity contribution in [1.82, 2.24) is 10.2 Å². The Morgan fingerprint density at radius 1 is 1.20 bits per heavy atom. The molecular formula is C15H22N2O3. The molecule has 0 atom stereocenters. The number of aliphatic carboxylic acids is 1. The van der Waals surface area contributed by atoms with Crippen LogP contribution in [0.1, 0.15) is 24.8 Å². The van der Waals surface area contributed by atoms with Crippen LogP contribution in [0.5, 0.6) is 0 Å². The number of aryl methyl sites for hydroxylation is 1. The number of carbonyl (C=O) groups excluding carboxylic acids is 1. The summed E-state index contributed by atoms with van der Waals surface area (Å²) in [5, 5.41) is 11.4. The van der Waals surface area contributed by atoms with E-state index in [0.29, 0.717) is 19.5 Å². The van der Waals surface area contributed by atoms with Crippen molar-refractivity contribution < 1.29 is 14.7 Å². The molecule has 1 aromatic carbocycles. The largest absolute Gasteiger partial charge is 0.481 e. The van der Waals surface area contributed by atoms with Crippen molar-refractivity contribution in [2.75, 3.05) is 20.1 Å². The summed E-state index contributed by atoms with van der Waals surface area (Å²) in [6, 6.07) is 9.98. The van der Waals surface area contributed by atoms with E-state index in [1.165, 1.54) is 10.5 Å². The first-order valence-corrected chi connectivity index (χ1v) is 6.84. The molecule has 0 bridgehead atoms. The van der Waals surface area contributed by atoms with E-state index in [1.54, 1.807) is 7.05 Å². The molecule has 1 aromatic rings. The zero-order valence-electron chi connectivity index (χ0n) is 11.8. The molecule has 0 aliphatic carbocycles. The smallest absolute Gasteiger partial charge is 0.317 e. The van der Waals surface area contributed by atoms with Gasteiger partial charge in [0, 0.05) is 26.6 Å². The zero-order chi connectivity index (χ0) is 14.8. The number of hydrogen-bond acceptors (Lipinski definition) is 2. The number of carboxylic acid groups (broad SMARTS) is 1. The fraction of sp³-hybridized carbons (Fsp3) is 0.467. The Morgan fingerprint density at radius 2 is 1.90 bits per heavy atom. The van der Waals surface area contributed by atoms with Crippen LogP contribution in [-0.4, -0.2) is 42.1 Å². The third kappa shape index (κ3) is 6.78. The van der Waals surface area contributed by atoms with E-state index in [9.17, 15) is 9.59 Å². The minimum absolute atomic E-state index is 0.0889.